The molecule has 2 heterocycles. The van der Waals surface area contributed by atoms with Crippen molar-refractivity contribution >= 4 is 17.5 Å². The van der Waals surface area contributed by atoms with Gasteiger partial charge in [0.15, 0.2) is 6.73 Å². The van der Waals surface area contributed by atoms with Crippen LogP contribution in [0.25, 0.3) is 0 Å². The largest absolute Gasteiger partial charge is 0.471 e. The van der Waals surface area contributed by atoms with Gasteiger partial charge in [-0.15, -0.1) is 0 Å². The van der Waals surface area contributed by atoms with Crippen molar-refractivity contribution in [3.63, 3.8) is 0 Å². The van der Waals surface area contributed by atoms with Crippen molar-refractivity contribution in [3.8, 4) is 5.75 Å². The van der Waals surface area contributed by atoms with E-state index in [0.717, 1.165) is 11.3 Å². The summed E-state index contributed by atoms with van der Waals surface area (Å²) in [4.78, 5) is 12.2. The highest BCUT2D eigenvalue weighted by molar-refractivity contribution is 6.30. The van der Waals surface area contributed by atoms with Crippen molar-refractivity contribution in [2.45, 2.75) is 20.2 Å². The lowest BCUT2D eigenvalue weighted by molar-refractivity contribution is 0.0944. The molecule has 0 unspecified atom stereocenters. The number of hydrogen-bond acceptors (Lipinski definition) is 4. The van der Waals surface area contributed by atoms with Crippen LogP contribution in [-0.2, 0) is 20.3 Å². The molecular formula is C17H18ClN5O2. The van der Waals surface area contributed by atoms with E-state index in [-0.39, 0.29) is 12.6 Å². The SMILES string of the molecule is Cc1nn(C)cc1CNC(=O)c1ccn(COc2ccc(Cl)cc2)n1. The molecule has 130 valence electrons. The molecule has 0 saturated carbocycles. The number of amides is 1. The van der Waals surface area contributed by atoms with Crippen LogP contribution >= 0.6 is 11.6 Å². The fraction of sp³-hybridized carbons (Fsp3) is 0.235. The van der Waals surface area contributed by atoms with Gasteiger partial charge in [-0.3, -0.25) is 9.48 Å². The van der Waals surface area contributed by atoms with Crippen LogP contribution in [-0.4, -0.2) is 25.5 Å². The average molecular weight is 360 g/mol. The van der Waals surface area contributed by atoms with Crippen molar-refractivity contribution in [1.29, 1.82) is 0 Å². The van der Waals surface area contributed by atoms with Gasteiger partial charge in [0.25, 0.3) is 5.91 Å². The first-order valence-corrected chi connectivity index (χ1v) is 8.08. The first-order valence-electron chi connectivity index (χ1n) is 7.70. The Kier molecular flexibility index (Phi) is 5.04. The molecule has 7 nitrogen and oxygen atoms in total. The highest BCUT2D eigenvalue weighted by Crippen LogP contribution is 2.15. The Labute approximate surface area is 150 Å². The minimum Gasteiger partial charge on any atom is -0.471 e. The second-order valence-electron chi connectivity index (χ2n) is 5.56. The number of aromatic nitrogens is 4. The summed E-state index contributed by atoms with van der Waals surface area (Å²) in [5.74, 6) is 0.437. The molecule has 8 heteroatoms. The molecule has 1 N–H and O–H groups in total. The quantitative estimate of drug-likeness (QED) is 0.734. The molecule has 0 spiro atoms. The third-order valence-electron chi connectivity index (χ3n) is 3.60. The van der Waals surface area contributed by atoms with Gasteiger partial charge in [-0.1, -0.05) is 11.6 Å². The van der Waals surface area contributed by atoms with Crippen LogP contribution in [0.5, 0.6) is 5.75 Å². The molecular weight excluding hydrogens is 342 g/mol. The Morgan fingerprint density at radius 3 is 2.68 bits per heavy atom. The Balaban J connectivity index is 1.54. The zero-order valence-corrected chi connectivity index (χ0v) is 14.7. The lowest BCUT2D eigenvalue weighted by Gasteiger charge is -2.06. The Bertz CT molecular complexity index is 870. The monoisotopic (exact) mass is 359 g/mol. The molecule has 0 aliphatic rings. The van der Waals surface area contributed by atoms with Crippen LogP contribution < -0.4 is 10.1 Å². The molecule has 3 aromatic rings. The van der Waals surface area contributed by atoms with Crippen molar-refractivity contribution in [3.05, 3.63) is 64.7 Å². The third kappa shape index (κ3) is 4.39. The van der Waals surface area contributed by atoms with Crippen LogP contribution in [0.3, 0.4) is 0 Å². The van der Waals surface area contributed by atoms with Crippen LogP contribution in [0.1, 0.15) is 21.7 Å². The van der Waals surface area contributed by atoms with Gasteiger partial charge >= 0.3 is 0 Å². The van der Waals surface area contributed by atoms with E-state index in [2.05, 4.69) is 15.5 Å². The molecule has 0 bridgehead atoms. The van der Waals surface area contributed by atoms with E-state index in [1.165, 1.54) is 0 Å². The van der Waals surface area contributed by atoms with Gasteiger partial charge in [-0.05, 0) is 37.3 Å². The van der Waals surface area contributed by atoms with Crippen LogP contribution in [0.15, 0.2) is 42.7 Å². The number of ether oxygens (including phenoxy) is 1. The Morgan fingerprint density at radius 1 is 1.24 bits per heavy atom. The van der Waals surface area contributed by atoms with E-state index >= 15 is 0 Å². The first-order chi connectivity index (χ1) is 12.0. The summed E-state index contributed by atoms with van der Waals surface area (Å²) in [5.41, 5.74) is 2.20. The highest BCUT2D eigenvalue weighted by Gasteiger charge is 2.11. The number of nitrogens with zero attached hydrogens (tertiary/aromatic N) is 4. The number of benzene rings is 1. The molecule has 1 amide bonds. The second kappa shape index (κ2) is 7.40. The molecule has 0 aliphatic carbocycles. The Hall–Kier alpha value is -2.80. The molecule has 0 radical (unpaired) electrons. The van der Waals surface area contributed by atoms with Gasteiger partial charge < -0.3 is 10.1 Å². The second-order valence-corrected chi connectivity index (χ2v) is 6.00. The van der Waals surface area contributed by atoms with E-state index in [1.807, 2.05) is 20.2 Å². The highest BCUT2D eigenvalue weighted by atomic mass is 35.5. The number of carbonyl (C=O) groups excluding carboxylic acids is 1. The standard InChI is InChI=1S/C17H18ClN5O2/c1-12-13(10-22(2)20-12)9-19-17(24)16-7-8-23(21-16)11-25-15-5-3-14(18)4-6-15/h3-8,10H,9,11H2,1-2H3,(H,19,24). The normalized spacial score (nSPS) is 10.7. The van der Waals surface area contributed by atoms with Crippen LogP contribution in [0.2, 0.25) is 5.02 Å². The number of carbonyl (C=O) groups is 1. The molecule has 0 aliphatic heterocycles. The fourth-order valence-corrected chi connectivity index (χ4v) is 2.44. The average Bonchev–Trinajstić information content (AvgIpc) is 3.18. The van der Waals surface area contributed by atoms with E-state index in [4.69, 9.17) is 16.3 Å². The van der Waals surface area contributed by atoms with Gasteiger partial charge in [0.05, 0.1) is 5.69 Å². The third-order valence-corrected chi connectivity index (χ3v) is 3.86. The molecule has 0 saturated heterocycles. The van der Waals surface area contributed by atoms with Gasteiger partial charge in [0.2, 0.25) is 0 Å². The molecule has 2 aromatic heterocycles. The minimum atomic E-state index is -0.242. The zero-order chi connectivity index (χ0) is 17.8. The summed E-state index contributed by atoms with van der Waals surface area (Å²) in [5, 5.41) is 11.9. The number of halogens is 1. The summed E-state index contributed by atoms with van der Waals surface area (Å²) >= 11 is 5.83. The summed E-state index contributed by atoms with van der Waals surface area (Å²) in [6, 6.07) is 8.70. The summed E-state index contributed by atoms with van der Waals surface area (Å²) in [6.45, 7) is 2.52. The molecule has 0 atom stereocenters. The predicted molar refractivity (Wildman–Crippen MR) is 93.4 cm³/mol. The number of rotatable bonds is 6. The number of aryl methyl sites for hydroxylation is 2. The van der Waals surface area contributed by atoms with E-state index < -0.39 is 0 Å². The lowest BCUT2D eigenvalue weighted by atomic mass is 10.2. The van der Waals surface area contributed by atoms with Crippen molar-refractivity contribution in [2.24, 2.45) is 7.05 Å². The van der Waals surface area contributed by atoms with Crippen LogP contribution in [0.4, 0.5) is 0 Å². The summed E-state index contributed by atoms with van der Waals surface area (Å²) in [6.07, 6.45) is 3.58. The zero-order valence-electron chi connectivity index (χ0n) is 13.9. The van der Waals surface area contributed by atoms with Gasteiger partial charge in [0, 0.05) is 36.6 Å². The number of nitrogens with one attached hydrogen (secondary N) is 1. The van der Waals surface area contributed by atoms with E-state index in [9.17, 15) is 4.79 Å². The molecule has 3 rings (SSSR count). The Morgan fingerprint density at radius 2 is 2.00 bits per heavy atom. The van der Waals surface area contributed by atoms with Gasteiger partial charge in [0.1, 0.15) is 11.4 Å². The van der Waals surface area contributed by atoms with Crippen molar-refractivity contribution in [1.82, 2.24) is 24.9 Å². The van der Waals surface area contributed by atoms with E-state index in [0.29, 0.717) is 23.0 Å². The topological polar surface area (TPSA) is 74.0 Å². The van der Waals surface area contributed by atoms with Crippen LogP contribution in [0, 0.1) is 6.92 Å². The smallest absolute Gasteiger partial charge is 0.272 e. The maximum Gasteiger partial charge on any atom is 0.272 e. The fourth-order valence-electron chi connectivity index (χ4n) is 2.31. The maximum atomic E-state index is 12.2. The van der Waals surface area contributed by atoms with E-state index in [1.54, 1.807) is 45.9 Å². The minimum absolute atomic E-state index is 0.205. The summed E-state index contributed by atoms with van der Waals surface area (Å²) < 4.78 is 8.86. The van der Waals surface area contributed by atoms with Gasteiger partial charge in [-0.25, -0.2) is 4.68 Å². The summed E-state index contributed by atoms with van der Waals surface area (Å²) in [7, 11) is 1.85. The predicted octanol–water partition coefficient (Wildman–Crippen LogP) is 2.54. The number of hydrogen-bond donors (Lipinski definition) is 1. The maximum absolute atomic E-state index is 12.2. The first kappa shape index (κ1) is 17.0. The molecule has 1 aromatic carbocycles. The molecule has 0 fully saturated rings. The van der Waals surface area contributed by atoms with Crippen molar-refractivity contribution < 1.29 is 9.53 Å². The van der Waals surface area contributed by atoms with Gasteiger partial charge in [-0.2, -0.15) is 10.2 Å². The molecule has 25 heavy (non-hydrogen) atoms. The van der Waals surface area contributed by atoms with Crippen molar-refractivity contribution in [2.75, 3.05) is 0 Å². The lowest BCUT2D eigenvalue weighted by Crippen LogP contribution is -2.23.